The van der Waals surface area contributed by atoms with Crippen LogP contribution >= 0.6 is 0 Å². The van der Waals surface area contributed by atoms with E-state index in [1.165, 1.54) is 5.56 Å². The van der Waals surface area contributed by atoms with Gasteiger partial charge in [0.2, 0.25) is 0 Å². The number of aromatic nitrogens is 2. The van der Waals surface area contributed by atoms with Crippen molar-refractivity contribution in [3.63, 3.8) is 0 Å². The van der Waals surface area contributed by atoms with E-state index in [1.807, 2.05) is 43.3 Å². The summed E-state index contributed by atoms with van der Waals surface area (Å²) in [6.07, 6.45) is 0.817. The van der Waals surface area contributed by atoms with E-state index in [0.717, 1.165) is 41.1 Å². The number of amides is 1. The van der Waals surface area contributed by atoms with Crippen LogP contribution < -0.4 is 14.8 Å². The van der Waals surface area contributed by atoms with Crippen molar-refractivity contribution in [2.24, 2.45) is 0 Å². The highest BCUT2D eigenvalue weighted by Gasteiger charge is 2.19. The van der Waals surface area contributed by atoms with E-state index in [-0.39, 0.29) is 11.9 Å². The summed E-state index contributed by atoms with van der Waals surface area (Å²) < 4.78 is 13.5. The number of fused-ring (bicyclic) bond motifs is 1. The Morgan fingerprint density at radius 3 is 2.68 bits per heavy atom. The predicted octanol–water partition coefficient (Wildman–Crippen LogP) is 5.62. The van der Waals surface area contributed by atoms with Gasteiger partial charge in [-0.3, -0.25) is 4.79 Å². The lowest BCUT2D eigenvalue weighted by atomic mass is 10.1. The topological polar surface area (TPSA) is 65.4 Å². The van der Waals surface area contributed by atoms with Crippen molar-refractivity contribution >= 4 is 16.9 Å². The Hall–Kier alpha value is -3.80. The van der Waals surface area contributed by atoms with E-state index in [1.54, 1.807) is 19.2 Å². The molecular formula is C28H31N3O3. The minimum absolute atomic E-state index is 0.164. The number of nitrogens with one attached hydrogen (secondary N) is 1. The van der Waals surface area contributed by atoms with E-state index in [4.69, 9.17) is 14.5 Å². The lowest BCUT2D eigenvalue weighted by molar-refractivity contribution is 0.0937. The molecule has 1 unspecified atom stereocenters. The fourth-order valence-corrected chi connectivity index (χ4v) is 4.13. The fourth-order valence-electron chi connectivity index (χ4n) is 4.13. The normalized spacial score (nSPS) is 11.9. The highest BCUT2D eigenvalue weighted by Crippen LogP contribution is 2.23. The summed E-state index contributed by atoms with van der Waals surface area (Å²) >= 11 is 0. The lowest BCUT2D eigenvalue weighted by Gasteiger charge is -2.17. The third-order valence-electron chi connectivity index (χ3n) is 5.86. The smallest absolute Gasteiger partial charge is 0.251 e. The molecule has 0 saturated heterocycles. The third-order valence-corrected chi connectivity index (χ3v) is 5.86. The molecule has 1 aromatic heterocycles. The van der Waals surface area contributed by atoms with Crippen molar-refractivity contribution in [2.75, 3.05) is 13.7 Å². The van der Waals surface area contributed by atoms with Crippen LogP contribution in [0.15, 0.2) is 66.7 Å². The Balaban J connectivity index is 1.48. The number of hydrogen-bond donors (Lipinski definition) is 1. The van der Waals surface area contributed by atoms with Gasteiger partial charge in [0, 0.05) is 12.1 Å². The minimum Gasteiger partial charge on any atom is -0.497 e. The van der Waals surface area contributed by atoms with Gasteiger partial charge in [-0.2, -0.15) is 0 Å². The third kappa shape index (κ3) is 5.22. The highest BCUT2D eigenvalue weighted by molar-refractivity contribution is 5.94. The number of nitrogens with zero attached hydrogens (tertiary/aromatic N) is 2. The molecule has 0 fully saturated rings. The molecule has 0 aliphatic carbocycles. The first kappa shape index (κ1) is 23.4. The first-order chi connectivity index (χ1) is 16.5. The zero-order valence-electron chi connectivity index (χ0n) is 20.2. The van der Waals surface area contributed by atoms with Gasteiger partial charge < -0.3 is 19.4 Å². The second-order valence-corrected chi connectivity index (χ2v) is 8.51. The number of carbonyl (C=O) groups excluding carboxylic acids is 1. The lowest BCUT2D eigenvalue weighted by Crippen LogP contribution is -2.29. The van der Waals surface area contributed by atoms with Crippen LogP contribution in [0, 0.1) is 13.8 Å². The molecule has 6 nitrogen and oxygen atoms in total. The van der Waals surface area contributed by atoms with Gasteiger partial charge in [0.05, 0.1) is 30.8 Å². The first-order valence-electron chi connectivity index (χ1n) is 11.6. The molecule has 0 radical (unpaired) electrons. The van der Waals surface area contributed by atoms with E-state index in [9.17, 15) is 4.79 Å². The summed E-state index contributed by atoms with van der Waals surface area (Å²) in [5.41, 5.74) is 4.88. The number of methoxy groups -OCH3 is 1. The zero-order chi connectivity index (χ0) is 24.1. The minimum atomic E-state index is -0.272. The second-order valence-electron chi connectivity index (χ2n) is 8.51. The summed E-state index contributed by atoms with van der Waals surface area (Å²) in [6, 6.07) is 21.1. The largest absolute Gasteiger partial charge is 0.497 e. The molecule has 1 heterocycles. The van der Waals surface area contributed by atoms with E-state index < -0.39 is 0 Å². The number of hydrogen-bond acceptors (Lipinski definition) is 4. The average molecular weight is 458 g/mol. The molecule has 3 aromatic carbocycles. The molecule has 0 saturated carbocycles. The standard InChI is InChI=1S/C28H31N3O3/c1-19-13-14-26(20(2)17-19)34-16-8-15-31-25-12-6-5-11-24(25)30-27(31)21(3)29-28(32)22-9-7-10-23(18-22)33-4/h5-7,9-14,17-18,21H,8,15-16H2,1-4H3,(H,29,32). The maximum Gasteiger partial charge on any atom is 0.251 e. The molecule has 0 bridgehead atoms. The molecule has 34 heavy (non-hydrogen) atoms. The maximum atomic E-state index is 12.9. The van der Waals surface area contributed by atoms with E-state index in [2.05, 4.69) is 41.9 Å². The quantitative estimate of drug-likeness (QED) is 0.331. The van der Waals surface area contributed by atoms with Gasteiger partial charge in [0.25, 0.3) is 5.91 Å². The number of imidazole rings is 1. The van der Waals surface area contributed by atoms with Gasteiger partial charge >= 0.3 is 0 Å². The van der Waals surface area contributed by atoms with Crippen molar-refractivity contribution in [1.29, 1.82) is 0 Å². The molecule has 4 rings (SSSR count). The summed E-state index contributed by atoms with van der Waals surface area (Å²) in [5, 5.41) is 3.09. The Morgan fingerprint density at radius 1 is 1.06 bits per heavy atom. The Morgan fingerprint density at radius 2 is 1.88 bits per heavy atom. The Bertz CT molecular complexity index is 1300. The van der Waals surface area contributed by atoms with Crippen LogP contribution in [0.4, 0.5) is 0 Å². The summed E-state index contributed by atoms with van der Waals surface area (Å²) in [5.74, 6) is 2.23. The highest BCUT2D eigenvalue weighted by atomic mass is 16.5. The SMILES string of the molecule is COc1cccc(C(=O)NC(C)c2nc3ccccc3n2CCCOc2ccc(C)cc2C)c1. The zero-order valence-corrected chi connectivity index (χ0v) is 20.2. The van der Waals surface area contributed by atoms with Crippen molar-refractivity contribution in [3.05, 3.63) is 89.2 Å². The molecule has 0 spiro atoms. The molecule has 1 N–H and O–H groups in total. The van der Waals surface area contributed by atoms with Crippen molar-refractivity contribution in [1.82, 2.24) is 14.9 Å². The molecule has 4 aromatic rings. The van der Waals surface area contributed by atoms with Crippen LogP contribution in [0.25, 0.3) is 11.0 Å². The summed E-state index contributed by atoms with van der Waals surface area (Å²) in [4.78, 5) is 17.7. The number of benzene rings is 3. The number of ether oxygens (including phenoxy) is 2. The van der Waals surface area contributed by atoms with Crippen LogP contribution in [-0.4, -0.2) is 29.2 Å². The van der Waals surface area contributed by atoms with Gasteiger partial charge in [-0.25, -0.2) is 4.98 Å². The fraction of sp³-hybridized carbons (Fsp3) is 0.286. The monoisotopic (exact) mass is 457 g/mol. The van der Waals surface area contributed by atoms with Crippen LogP contribution in [0.2, 0.25) is 0 Å². The maximum absolute atomic E-state index is 12.9. The van der Waals surface area contributed by atoms with Gasteiger partial charge in [-0.05, 0) is 69.2 Å². The van der Waals surface area contributed by atoms with Crippen LogP contribution in [0.5, 0.6) is 11.5 Å². The molecular weight excluding hydrogens is 426 g/mol. The Kier molecular flexibility index (Phi) is 7.16. The summed E-state index contributed by atoms with van der Waals surface area (Å²) in [6.45, 7) is 7.44. The van der Waals surface area contributed by atoms with E-state index in [0.29, 0.717) is 17.9 Å². The number of para-hydroxylation sites is 2. The molecule has 1 atom stereocenters. The van der Waals surface area contributed by atoms with Crippen LogP contribution in [0.3, 0.4) is 0 Å². The molecule has 6 heteroatoms. The van der Waals surface area contributed by atoms with Crippen LogP contribution in [0.1, 0.15) is 46.7 Å². The van der Waals surface area contributed by atoms with Crippen LogP contribution in [-0.2, 0) is 6.54 Å². The predicted molar refractivity (Wildman–Crippen MR) is 135 cm³/mol. The molecule has 1 amide bonds. The van der Waals surface area contributed by atoms with E-state index >= 15 is 0 Å². The van der Waals surface area contributed by atoms with Crippen molar-refractivity contribution < 1.29 is 14.3 Å². The van der Waals surface area contributed by atoms with Gasteiger partial charge in [0.1, 0.15) is 17.3 Å². The molecule has 0 aliphatic rings. The van der Waals surface area contributed by atoms with Gasteiger partial charge in [0.15, 0.2) is 0 Å². The molecule has 176 valence electrons. The number of aryl methyl sites for hydroxylation is 3. The van der Waals surface area contributed by atoms with Gasteiger partial charge in [-0.1, -0.05) is 35.9 Å². The van der Waals surface area contributed by atoms with Crippen molar-refractivity contribution in [3.8, 4) is 11.5 Å². The van der Waals surface area contributed by atoms with Gasteiger partial charge in [-0.15, -0.1) is 0 Å². The average Bonchev–Trinajstić information content (AvgIpc) is 3.21. The van der Waals surface area contributed by atoms with Crippen molar-refractivity contribution in [2.45, 2.75) is 39.8 Å². The second kappa shape index (κ2) is 10.4. The first-order valence-corrected chi connectivity index (χ1v) is 11.6. The Labute approximate surface area is 200 Å². The summed E-state index contributed by atoms with van der Waals surface area (Å²) in [7, 11) is 1.59. The number of rotatable bonds is 9. The molecule has 0 aliphatic heterocycles. The number of carbonyl (C=O) groups is 1.